The van der Waals surface area contributed by atoms with Crippen molar-refractivity contribution in [3.05, 3.63) is 32.7 Å². The Morgan fingerprint density at radius 1 is 1.38 bits per heavy atom. The molecule has 0 radical (unpaired) electrons. The van der Waals surface area contributed by atoms with Crippen LogP contribution in [0.4, 0.5) is 0 Å². The van der Waals surface area contributed by atoms with E-state index in [2.05, 4.69) is 55.5 Å². The highest BCUT2D eigenvalue weighted by atomic mass is 79.9. The molecule has 0 spiro atoms. The minimum absolute atomic E-state index is 0.257. The Bertz CT molecular complexity index is 364. The van der Waals surface area contributed by atoms with Gasteiger partial charge in [-0.05, 0) is 30.0 Å². The largest absolute Gasteiger partial charge is 0.271 e. The summed E-state index contributed by atoms with van der Waals surface area (Å²) in [5.41, 5.74) is 4.18. The van der Waals surface area contributed by atoms with E-state index in [1.165, 1.54) is 24.8 Å². The summed E-state index contributed by atoms with van der Waals surface area (Å²) in [6.45, 7) is 0. The maximum absolute atomic E-state index is 5.66. The van der Waals surface area contributed by atoms with Crippen LogP contribution in [-0.2, 0) is 0 Å². The van der Waals surface area contributed by atoms with E-state index >= 15 is 0 Å². The Labute approximate surface area is 113 Å². The van der Waals surface area contributed by atoms with Crippen LogP contribution in [0.15, 0.2) is 27.1 Å². The Morgan fingerprint density at radius 3 is 2.62 bits per heavy atom. The Kier molecular flexibility index (Phi) is 4.41. The molecule has 1 aliphatic carbocycles. The van der Waals surface area contributed by atoms with Crippen LogP contribution in [0.2, 0.25) is 0 Å². The van der Waals surface area contributed by atoms with Gasteiger partial charge in [-0.3, -0.25) is 11.3 Å². The Morgan fingerprint density at radius 2 is 2.12 bits per heavy atom. The zero-order valence-corrected chi connectivity index (χ0v) is 12.2. The van der Waals surface area contributed by atoms with Gasteiger partial charge in [-0.2, -0.15) is 0 Å². The zero-order chi connectivity index (χ0) is 11.5. The molecule has 0 amide bonds. The maximum Gasteiger partial charge on any atom is 0.0473 e. The van der Waals surface area contributed by atoms with Crippen LogP contribution in [0.5, 0.6) is 0 Å². The molecule has 16 heavy (non-hydrogen) atoms. The third-order valence-electron chi connectivity index (χ3n) is 3.33. The van der Waals surface area contributed by atoms with E-state index in [4.69, 9.17) is 5.84 Å². The van der Waals surface area contributed by atoms with Crippen molar-refractivity contribution in [1.29, 1.82) is 0 Å². The first-order chi connectivity index (χ1) is 7.70. The van der Waals surface area contributed by atoms with Crippen molar-refractivity contribution < 1.29 is 0 Å². The molecule has 0 saturated heterocycles. The van der Waals surface area contributed by atoms with Crippen molar-refractivity contribution in [2.45, 2.75) is 31.7 Å². The van der Waals surface area contributed by atoms with E-state index in [1.54, 1.807) is 0 Å². The van der Waals surface area contributed by atoms with Crippen molar-refractivity contribution in [2.24, 2.45) is 11.8 Å². The van der Waals surface area contributed by atoms with E-state index in [0.717, 1.165) is 21.3 Å². The molecule has 0 bridgehead atoms. The number of nitrogens with one attached hydrogen (secondary N) is 1. The number of hydrogen-bond donors (Lipinski definition) is 2. The van der Waals surface area contributed by atoms with Gasteiger partial charge in [0.2, 0.25) is 0 Å². The van der Waals surface area contributed by atoms with Crippen LogP contribution >= 0.6 is 31.9 Å². The highest BCUT2D eigenvalue weighted by molar-refractivity contribution is 9.11. The summed E-state index contributed by atoms with van der Waals surface area (Å²) in [5.74, 6) is 6.50. The third kappa shape index (κ3) is 2.86. The lowest BCUT2D eigenvalue weighted by Crippen LogP contribution is -2.31. The average Bonchev–Trinajstić information content (AvgIpc) is 2.18. The summed E-state index contributed by atoms with van der Waals surface area (Å²) in [6.07, 6.45) is 5.22. The number of halogens is 2. The monoisotopic (exact) mass is 346 g/mol. The molecule has 88 valence electrons. The lowest BCUT2D eigenvalue weighted by molar-refractivity contribution is 0.261. The van der Waals surface area contributed by atoms with Crippen molar-refractivity contribution in [3.8, 4) is 0 Å². The third-order valence-corrected chi connectivity index (χ3v) is 4.51. The second-order valence-electron chi connectivity index (χ2n) is 4.42. The molecular weight excluding hydrogens is 332 g/mol. The fraction of sp³-hybridized carbons (Fsp3) is 0.500. The van der Waals surface area contributed by atoms with Gasteiger partial charge in [0.15, 0.2) is 0 Å². The van der Waals surface area contributed by atoms with Gasteiger partial charge in [0, 0.05) is 15.0 Å². The second kappa shape index (κ2) is 5.63. The minimum Gasteiger partial charge on any atom is -0.271 e. The average molecular weight is 348 g/mol. The van der Waals surface area contributed by atoms with Gasteiger partial charge in [0.05, 0.1) is 0 Å². The molecule has 1 atom stereocenters. The maximum atomic E-state index is 5.66. The first-order valence-corrected chi connectivity index (χ1v) is 7.20. The predicted octanol–water partition coefficient (Wildman–Crippen LogP) is 3.91. The Balaban J connectivity index is 2.11. The van der Waals surface area contributed by atoms with Gasteiger partial charge in [-0.25, -0.2) is 0 Å². The van der Waals surface area contributed by atoms with Crippen molar-refractivity contribution in [2.75, 3.05) is 0 Å². The van der Waals surface area contributed by atoms with Crippen molar-refractivity contribution in [1.82, 2.24) is 5.43 Å². The van der Waals surface area contributed by atoms with E-state index in [9.17, 15) is 0 Å². The van der Waals surface area contributed by atoms with E-state index < -0.39 is 0 Å². The molecule has 1 unspecified atom stereocenters. The van der Waals surface area contributed by atoms with Crippen LogP contribution in [0.3, 0.4) is 0 Å². The number of hydrogen-bond acceptors (Lipinski definition) is 2. The molecule has 0 heterocycles. The number of rotatable bonds is 4. The molecule has 1 saturated carbocycles. The first-order valence-electron chi connectivity index (χ1n) is 5.62. The number of nitrogens with two attached hydrogens (primary N) is 1. The van der Waals surface area contributed by atoms with Crippen LogP contribution in [0.25, 0.3) is 0 Å². The summed E-state index contributed by atoms with van der Waals surface area (Å²) >= 11 is 7.05. The summed E-state index contributed by atoms with van der Waals surface area (Å²) in [4.78, 5) is 0. The van der Waals surface area contributed by atoms with Crippen LogP contribution in [0.1, 0.15) is 37.3 Å². The molecule has 1 aromatic rings. The SMILES string of the molecule is NNC(CC1CCC1)c1ccc(Br)cc1Br. The molecule has 4 heteroatoms. The summed E-state index contributed by atoms with van der Waals surface area (Å²) in [6, 6.07) is 6.51. The summed E-state index contributed by atoms with van der Waals surface area (Å²) in [5, 5.41) is 0. The summed E-state index contributed by atoms with van der Waals surface area (Å²) in [7, 11) is 0. The Hall–Kier alpha value is 0.1000. The van der Waals surface area contributed by atoms with Gasteiger partial charge in [-0.15, -0.1) is 0 Å². The fourth-order valence-electron chi connectivity index (χ4n) is 2.13. The quantitative estimate of drug-likeness (QED) is 0.640. The van der Waals surface area contributed by atoms with Gasteiger partial charge in [0.25, 0.3) is 0 Å². The van der Waals surface area contributed by atoms with Gasteiger partial charge >= 0.3 is 0 Å². The molecule has 1 fully saturated rings. The smallest absolute Gasteiger partial charge is 0.0473 e. The molecular formula is C12H16Br2N2. The zero-order valence-electron chi connectivity index (χ0n) is 9.05. The number of hydrazine groups is 1. The van der Waals surface area contributed by atoms with Crippen molar-refractivity contribution >= 4 is 31.9 Å². The number of benzene rings is 1. The molecule has 1 aromatic carbocycles. The van der Waals surface area contributed by atoms with E-state index in [1.807, 2.05) is 0 Å². The van der Waals surface area contributed by atoms with Crippen LogP contribution in [0, 0.1) is 5.92 Å². The topological polar surface area (TPSA) is 38.0 Å². The normalized spacial score (nSPS) is 18.2. The fourth-order valence-corrected chi connectivity index (χ4v) is 3.45. The molecule has 0 aliphatic heterocycles. The first kappa shape index (κ1) is 12.6. The van der Waals surface area contributed by atoms with Crippen LogP contribution in [-0.4, -0.2) is 0 Å². The van der Waals surface area contributed by atoms with Gasteiger partial charge < -0.3 is 0 Å². The standard InChI is InChI=1S/C12H16Br2N2/c13-9-4-5-10(11(14)7-9)12(16-15)6-8-2-1-3-8/h4-5,7-8,12,16H,1-3,6,15H2. The van der Waals surface area contributed by atoms with Crippen molar-refractivity contribution in [3.63, 3.8) is 0 Å². The van der Waals surface area contributed by atoms with Gasteiger partial charge in [-0.1, -0.05) is 57.2 Å². The predicted molar refractivity (Wildman–Crippen MR) is 73.9 cm³/mol. The molecule has 0 aromatic heterocycles. The molecule has 3 N–H and O–H groups in total. The highest BCUT2D eigenvalue weighted by Gasteiger charge is 2.23. The molecule has 2 nitrogen and oxygen atoms in total. The molecule has 1 aliphatic rings. The minimum atomic E-state index is 0.257. The molecule has 2 rings (SSSR count). The summed E-state index contributed by atoms with van der Waals surface area (Å²) < 4.78 is 2.20. The lowest BCUT2D eigenvalue weighted by Gasteiger charge is -2.30. The van der Waals surface area contributed by atoms with Crippen LogP contribution < -0.4 is 11.3 Å². The second-order valence-corrected chi connectivity index (χ2v) is 6.19. The lowest BCUT2D eigenvalue weighted by atomic mass is 9.80. The van der Waals surface area contributed by atoms with Gasteiger partial charge in [0.1, 0.15) is 0 Å². The van der Waals surface area contributed by atoms with E-state index in [0.29, 0.717) is 0 Å². The highest BCUT2D eigenvalue weighted by Crippen LogP contribution is 2.36. The van der Waals surface area contributed by atoms with E-state index in [-0.39, 0.29) is 6.04 Å².